The van der Waals surface area contributed by atoms with Gasteiger partial charge < -0.3 is 5.11 Å². The van der Waals surface area contributed by atoms with Crippen molar-refractivity contribution in [1.29, 1.82) is 0 Å². The quantitative estimate of drug-likeness (QED) is 0.747. The standard InChI is InChI=1S/C13H19NO/c1-4-14(9-11(2)3)10-12-5-7-13(15)8-6-12/h5-8,15H,2,4,9-10H2,1,3H3. The lowest BCUT2D eigenvalue weighted by Crippen LogP contribution is -2.24. The first kappa shape index (κ1) is 11.8. The molecule has 1 aromatic rings. The Morgan fingerprint density at radius 1 is 1.33 bits per heavy atom. The summed E-state index contributed by atoms with van der Waals surface area (Å²) in [5.41, 5.74) is 2.39. The lowest BCUT2D eigenvalue weighted by Gasteiger charge is -2.20. The molecule has 0 fully saturated rings. The number of hydrogen-bond acceptors (Lipinski definition) is 2. The van der Waals surface area contributed by atoms with Gasteiger partial charge in [0.1, 0.15) is 5.75 Å². The Kier molecular flexibility index (Phi) is 4.37. The van der Waals surface area contributed by atoms with E-state index in [0.717, 1.165) is 19.6 Å². The summed E-state index contributed by atoms with van der Waals surface area (Å²) >= 11 is 0. The second-order valence-electron chi connectivity index (χ2n) is 3.93. The van der Waals surface area contributed by atoms with Crippen LogP contribution in [0.15, 0.2) is 36.4 Å². The Hall–Kier alpha value is -1.28. The Morgan fingerprint density at radius 2 is 1.93 bits per heavy atom. The first-order valence-electron chi connectivity index (χ1n) is 5.26. The molecule has 82 valence electrons. The minimum absolute atomic E-state index is 0.321. The number of phenols is 1. The zero-order valence-electron chi connectivity index (χ0n) is 9.53. The molecule has 2 nitrogen and oxygen atoms in total. The van der Waals surface area contributed by atoms with Gasteiger partial charge in [0, 0.05) is 13.1 Å². The molecule has 15 heavy (non-hydrogen) atoms. The normalized spacial score (nSPS) is 10.6. The summed E-state index contributed by atoms with van der Waals surface area (Å²) in [4.78, 5) is 2.31. The molecule has 0 aliphatic rings. The summed E-state index contributed by atoms with van der Waals surface area (Å²) in [6, 6.07) is 7.36. The van der Waals surface area contributed by atoms with Crippen LogP contribution in [0.3, 0.4) is 0 Å². The molecule has 1 rings (SSSR count). The SMILES string of the molecule is C=C(C)CN(CC)Cc1ccc(O)cc1. The van der Waals surface area contributed by atoms with Gasteiger partial charge in [-0.1, -0.05) is 31.2 Å². The predicted molar refractivity (Wildman–Crippen MR) is 63.9 cm³/mol. The van der Waals surface area contributed by atoms with Crippen LogP contribution in [-0.4, -0.2) is 23.1 Å². The Morgan fingerprint density at radius 3 is 2.40 bits per heavy atom. The van der Waals surface area contributed by atoms with E-state index in [1.165, 1.54) is 11.1 Å². The molecule has 0 aromatic heterocycles. The molecule has 0 aliphatic carbocycles. The van der Waals surface area contributed by atoms with Crippen molar-refractivity contribution in [1.82, 2.24) is 4.90 Å². The number of phenolic OH excluding ortho intramolecular Hbond substituents is 1. The number of benzene rings is 1. The van der Waals surface area contributed by atoms with Crippen LogP contribution in [0.4, 0.5) is 0 Å². The fourth-order valence-corrected chi connectivity index (χ4v) is 1.52. The molecule has 2 heteroatoms. The van der Waals surface area contributed by atoms with Crippen molar-refractivity contribution in [3.8, 4) is 5.75 Å². The van der Waals surface area contributed by atoms with Gasteiger partial charge in [0.2, 0.25) is 0 Å². The summed E-state index contributed by atoms with van der Waals surface area (Å²) in [5, 5.41) is 9.17. The zero-order chi connectivity index (χ0) is 11.3. The van der Waals surface area contributed by atoms with Gasteiger partial charge in [0.05, 0.1) is 0 Å². The first-order chi connectivity index (χ1) is 7.11. The van der Waals surface area contributed by atoms with Crippen molar-refractivity contribution in [2.24, 2.45) is 0 Å². The summed E-state index contributed by atoms with van der Waals surface area (Å²) in [6.07, 6.45) is 0. The van der Waals surface area contributed by atoms with E-state index in [1.54, 1.807) is 12.1 Å². The molecule has 0 bridgehead atoms. The topological polar surface area (TPSA) is 23.5 Å². The van der Waals surface area contributed by atoms with E-state index in [2.05, 4.69) is 18.4 Å². The van der Waals surface area contributed by atoms with Crippen molar-refractivity contribution in [2.45, 2.75) is 20.4 Å². The number of nitrogens with zero attached hydrogens (tertiary/aromatic N) is 1. The molecule has 0 amide bonds. The van der Waals surface area contributed by atoms with Gasteiger partial charge in [-0.05, 0) is 31.2 Å². The molecule has 0 heterocycles. The molecule has 0 aliphatic heterocycles. The van der Waals surface area contributed by atoms with Gasteiger partial charge in [-0.25, -0.2) is 0 Å². The molecule has 0 atom stereocenters. The zero-order valence-corrected chi connectivity index (χ0v) is 9.53. The average Bonchev–Trinajstić information content (AvgIpc) is 2.19. The van der Waals surface area contributed by atoms with Crippen molar-refractivity contribution in [3.63, 3.8) is 0 Å². The van der Waals surface area contributed by atoms with Crippen LogP contribution in [0.2, 0.25) is 0 Å². The van der Waals surface area contributed by atoms with Gasteiger partial charge >= 0.3 is 0 Å². The van der Waals surface area contributed by atoms with E-state index in [4.69, 9.17) is 5.11 Å². The van der Waals surface area contributed by atoms with Crippen LogP contribution in [-0.2, 0) is 6.54 Å². The average molecular weight is 205 g/mol. The third-order valence-electron chi connectivity index (χ3n) is 2.28. The molecule has 0 spiro atoms. The number of hydrogen-bond donors (Lipinski definition) is 1. The van der Waals surface area contributed by atoms with Gasteiger partial charge in [-0.3, -0.25) is 4.90 Å². The highest BCUT2D eigenvalue weighted by Crippen LogP contribution is 2.12. The molecule has 0 saturated heterocycles. The van der Waals surface area contributed by atoms with Crippen LogP contribution in [0.25, 0.3) is 0 Å². The third-order valence-corrected chi connectivity index (χ3v) is 2.28. The lowest BCUT2D eigenvalue weighted by molar-refractivity contribution is 0.304. The van der Waals surface area contributed by atoms with Gasteiger partial charge in [0.15, 0.2) is 0 Å². The summed E-state index contributed by atoms with van der Waals surface area (Å²) in [7, 11) is 0. The molecule has 1 aromatic carbocycles. The second-order valence-corrected chi connectivity index (χ2v) is 3.93. The van der Waals surface area contributed by atoms with E-state index in [1.807, 2.05) is 19.1 Å². The van der Waals surface area contributed by atoms with E-state index in [9.17, 15) is 0 Å². The van der Waals surface area contributed by atoms with Gasteiger partial charge in [-0.15, -0.1) is 0 Å². The highest BCUT2D eigenvalue weighted by molar-refractivity contribution is 5.25. The van der Waals surface area contributed by atoms with E-state index in [-0.39, 0.29) is 0 Å². The van der Waals surface area contributed by atoms with Crippen LogP contribution < -0.4 is 0 Å². The summed E-state index contributed by atoms with van der Waals surface area (Å²) < 4.78 is 0. The lowest BCUT2D eigenvalue weighted by atomic mass is 10.2. The maximum absolute atomic E-state index is 9.17. The maximum Gasteiger partial charge on any atom is 0.115 e. The monoisotopic (exact) mass is 205 g/mol. The molecule has 0 saturated carbocycles. The van der Waals surface area contributed by atoms with Gasteiger partial charge in [-0.2, -0.15) is 0 Å². The maximum atomic E-state index is 9.17. The van der Waals surface area contributed by atoms with Crippen molar-refractivity contribution < 1.29 is 5.11 Å². The van der Waals surface area contributed by atoms with Gasteiger partial charge in [0.25, 0.3) is 0 Å². The van der Waals surface area contributed by atoms with E-state index in [0.29, 0.717) is 5.75 Å². The van der Waals surface area contributed by atoms with Crippen LogP contribution >= 0.6 is 0 Å². The highest BCUT2D eigenvalue weighted by atomic mass is 16.3. The number of likely N-dealkylation sites (N-methyl/N-ethyl adjacent to an activating group) is 1. The highest BCUT2D eigenvalue weighted by Gasteiger charge is 2.03. The van der Waals surface area contributed by atoms with Crippen LogP contribution in [0.5, 0.6) is 5.75 Å². The fourth-order valence-electron chi connectivity index (χ4n) is 1.52. The van der Waals surface area contributed by atoms with Crippen molar-refractivity contribution in [3.05, 3.63) is 42.0 Å². The first-order valence-corrected chi connectivity index (χ1v) is 5.26. The molecule has 0 unspecified atom stereocenters. The molecular weight excluding hydrogens is 186 g/mol. The van der Waals surface area contributed by atoms with Crippen molar-refractivity contribution >= 4 is 0 Å². The summed E-state index contributed by atoms with van der Waals surface area (Å²) in [6.45, 7) is 10.9. The Balaban J connectivity index is 2.58. The minimum atomic E-state index is 0.321. The number of aromatic hydroxyl groups is 1. The summed E-state index contributed by atoms with van der Waals surface area (Å²) in [5.74, 6) is 0.321. The Bertz CT molecular complexity index is 316. The molecule has 1 N–H and O–H groups in total. The largest absolute Gasteiger partial charge is 0.508 e. The van der Waals surface area contributed by atoms with E-state index >= 15 is 0 Å². The third kappa shape index (κ3) is 4.17. The predicted octanol–water partition coefficient (Wildman–Crippen LogP) is 2.79. The van der Waals surface area contributed by atoms with Crippen LogP contribution in [0.1, 0.15) is 19.4 Å². The van der Waals surface area contributed by atoms with Crippen LogP contribution in [0, 0.1) is 0 Å². The van der Waals surface area contributed by atoms with E-state index < -0.39 is 0 Å². The molecule has 0 radical (unpaired) electrons. The van der Waals surface area contributed by atoms with Crippen molar-refractivity contribution in [2.75, 3.05) is 13.1 Å². The fraction of sp³-hybridized carbons (Fsp3) is 0.385. The smallest absolute Gasteiger partial charge is 0.115 e. The molecular formula is C13H19NO. The Labute approximate surface area is 91.9 Å². The minimum Gasteiger partial charge on any atom is -0.508 e. The number of rotatable bonds is 5. The second kappa shape index (κ2) is 5.56.